The molecule has 0 aromatic heterocycles. The second kappa shape index (κ2) is 7.66. The van der Waals surface area contributed by atoms with Gasteiger partial charge in [-0.25, -0.2) is 0 Å². The smallest absolute Gasteiger partial charge is 0.253 e. The van der Waals surface area contributed by atoms with Crippen LogP contribution in [-0.4, -0.2) is 53.7 Å². The number of carbonyl (C=O) groups is 2. The van der Waals surface area contributed by atoms with Crippen molar-refractivity contribution >= 4 is 11.8 Å². The van der Waals surface area contributed by atoms with Gasteiger partial charge in [-0.3, -0.25) is 9.59 Å². The average molecular weight is 334 g/mol. The van der Waals surface area contributed by atoms with Crippen LogP contribution in [-0.2, 0) is 9.59 Å². The van der Waals surface area contributed by atoms with Crippen LogP contribution < -0.4 is 10.1 Å². The summed E-state index contributed by atoms with van der Waals surface area (Å²) in [6.07, 6.45) is 0.975. The molecule has 0 radical (unpaired) electrons. The van der Waals surface area contributed by atoms with Crippen LogP contribution in [0, 0.1) is 13.8 Å². The molecule has 6 nitrogen and oxygen atoms in total. The van der Waals surface area contributed by atoms with Crippen molar-refractivity contribution in [2.45, 2.75) is 39.2 Å². The molecule has 0 aliphatic carbocycles. The highest BCUT2D eigenvalue weighted by Gasteiger charge is 2.40. The number of rotatable bonds is 5. The lowest BCUT2D eigenvalue weighted by Gasteiger charge is -2.37. The molecule has 0 saturated carbocycles. The zero-order valence-electron chi connectivity index (χ0n) is 14.6. The molecule has 1 saturated heterocycles. The molecule has 2 N–H and O–H groups in total. The summed E-state index contributed by atoms with van der Waals surface area (Å²) in [7, 11) is 0. The number of amides is 2. The van der Waals surface area contributed by atoms with Crippen LogP contribution in [0.3, 0.4) is 0 Å². The molecule has 6 heteroatoms. The predicted molar refractivity (Wildman–Crippen MR) is 90.9 cm³/mol. The van der Waals surface area contributed by atoms with Gasteiger partial charge < -0.3 is 20.1 Å². The Morgan fingerprint density at radius 1 is 1.29 bits per heavy atom. The summed E-state index contributed by atoms with van der Waals surface area (Å²) >= 11 is 0. The van der Waals surface area contributed by atoms with Crippen LogP contribution >= 0.6 is 0 Å². The molecule has 1 aromatic carbocycles. The second-order valence-electron chi connectivity index (χ2n) is 6.50. The second-order valence-corrected chi connectivity index (χ2v) is 6.50. The first-order valence-electron chi connectivity index (χ1n) is 8.27. The Bertz CT molecular complexity index is 597. The predicted octanol–water partition coefficient (Wildman–Crippen LogP) is 1.17. The third kappa shape index (κ3) is 4.71. The summed E-state index contributed by atoms with van der Waals surface area (Å²) in [5.74, 6) is 0.192. The van der Waals surface area contributed by atoms with Crippen LogP contribution in [0.5, 0.6) is 5.75 Å². The van der Waals surface area contributed by atoms with Gasteiger partial charge in [-0.2, -0.15) is 0 Å². The maximum Gasteiger partial charge on any atom is 0.253 e. The zero-order valence-corrected chi connectivity index (χ0v) is 14.6. The lowest BCUT2D eigenvalue weighted by atomic mass is 9.92. The van der Waals surface area contributed by atoms with Crippen molar-refractivity contribution in [3.8, 4) is 5.75 Å². The molecule has 2 rings (SSSR count). The van der Waals surface area contributed by atoms with Gasteiger partial charge in [0.1, 0.15) is 12.4 Å². The minimum atomic E-state index is -1.51. The van der Waals surface area contributed by atoms with E-state index in [1.807, 2.05) is 26.0 Å². The summed E-state index contributed by atoms with van der Waals surface area (Å²) < 4.78 is 5.64. The molecular weight excluding hydrogens is 308 g/mol. The molecule has 24 heavy (non-hydrogen) atoms. The van der Waals surface area contributed by atoms with Gasteiger partial charge in [-0.05, 0) is 49.9 Å². The number of likely N-dealkylation sites (tertiary alicyclic amines) is 1. The van der Waals surface area contributed by atoms with Crippen molar-refractivity contribution in [1.29, 1.82) is 0 Å². The number of hydrogen-bond donors (Lipinski definition) is 2. The first-order chi connectivity index (χ1) is 11.3. The van der Waals surface area contributed by atoms with Gasteiger partial charge in [-0.1, -0.05) is 6.07 Å². The van der Waals surface area contributed by atoms with E-state index < -0.39 is 11.5 Å². The average Bonchev–Trinajstić information content (AvgIpc) is 2.50. The van der Waals surface area contributed by atoms with Gasteiger partial charge in [0.15, 0.2) is 5.60 Å². The molecule has 1 unspecified atom stereocenters. The number of aryl methyl sites for hydroxylation is 2. The highest BCUT2D eigenvalue weighted by Crippen LogP contribution is 2.21. The van der Waals surface area contributed by atoms with Gasteiger partial charge in [-0.15, -0.1) is 0 Å². The van der Waals surface area contributed by atoms with Gasteiger partial charge in [0.25, 0.3) is 5.91 Å². The van der Waals surface area contributed by atoms with E-state index in [0.29, 0.717) is 32.5 Å². The quantitative estimate of drug-likeness (QED) is 0.793. The molecule has 2 amide bonds. The lowest BCUT2D eigenvalue weighted by molar-refractivity contribution is -0.150. The van der Waals surface area contributed by atoms with E-state index in [9.17, 15) is 14.7 Å². The number of nitrogens with one attached hydrogen (secondary N) is 1. The van der Waals surface area contributed by atoms with E-state index >= 15 is 0 Å². The van der Waals surface area contributed by atoms with Crippen molar-refractivity contribution in [3.05, 3.63) is 29.3 Å². The molecule has 132 valence electrons. The SMILES string of the molecule is CC(=O)N1CCCC(O)(C(=O)NCCOc2cc(C)cc(C)c2)C1. The van der Waals surface area contributed by atoms with Gasteiger partial charge in [0, 0.05) is 13.5 Å². The normalized spacial score (nSPS) is 20.6. The Morgan fingerprint density at radius 3 is 2.58 bits per heavy atom. The number of hydrogen-bond acceptors (Lipinski definition) is 4. The first-order valence-corrected chi connectivity index (χ1v) is 8.27. The maximum atomic E-state index is 12.3. The Morgan fingerprint density at radius 2 is 1.96 bits per heavy atom. The first kappa shape index (κ1) is 18.3. The summed E-state index contributed by atoms with van der Waals surface area (Å²) in [5, 5.41) is 13.2. The number of benzene rings is 1. The molecular formula is C18H26N2O4. The largest absolute Gasteiger partial charge is 0.492 e. The molecule has 0 spiro atoms. The summed E-state index contributed by atoms with van der Waals surface area (Å²) in [6.45, 7) is 6.70. The van der Waals surface area contributed by atoms with Crippen LogP contribution in [0.2, 0.25) is 0 Å². The van der Waals surface area contributed by atoms with E-state index in [1.54, 1.807) is 0 Å². The van der Waals surface area contributed by atoms with E-state index in [2.05, 4.69) is 11.4 Å². The monoisotopic (exact) mass is 334 g/mol. The minimum Gasteiger partial charge on any atom is -0.492 e. The van der Waals surface area contributed by atoms with Crippen molar-refractivity contribution in [3.63, 3.8) is 0 Å². The van der Waals surface area contributed by atoms with E-state index in [4.69, 9.17) is 4.74 Å². The van der Waals surface area contributed by atoms with Gasteiger partial charge in [0.05, 0.1) is 13.1 Å². The van der Waals surface area contributed by atoms with E-state index in [0.717, 1.165) is 16.9 Å². The highest BCUT2D eigenvalue weighted by molar-refractivity contribution is 5.86. The number of piperidine rings is 1. The van der Waals surface area contributed by atoms with Crippen LogP contribution in [0.4, 0.5) is 0 Å². The summed E-state index contributed by atoms with van der Waals surface area (Å²) in [4.78, 5) is 25.2. The zero-order chi connectivity index (χ0) is 17.7. The Hall–Kier alpha value is -2.08. The molecule has 1 aliphatic heterocycles. The fourth-order valence-corrected chi connectivity index (χ4v) is 3.00. The number of aliphatic hydroxyl groups is 1. The van der Waals surface area contributed by atoms with Crippen molar-refractivity contribution in [2.24, 2.45) is 0 Å². The van der Waals surface area contributed by atoms with E-state index in [1.165, 1.54) is 11.8 Å². The fraction of sp³-hybridized carbons (Fsp3) is 0.556. The number of β-amino-alcohol motifs (C(OH)–C–C–N with tert-alkyl or cyclic N) is 1. The molecule has 1 aromatic rings. The number of ether oxygens (including phenoxy) is 1. The molecule has 1 atom stereocenters. The fourth-order valence-electron chi connectivity index (χ4n) is 3.00. The molecule has 0 bridgehead atoms. The number of nitrogens with zero attached hydrogens (tertiary/aromatic N) is 1. The Balaban J connectivity index is 1.81. The van der Waals surface area contributed by atoms with Crippen LogP contribution in [0.15, 0.2) is 18.2 Å². The van der Waals surface area contributed by atoms with Gasteiger partial charge >= 0.3 is 0 Å². The summed E-state index contributed by atoms with van der Waals surface area (Å²) in [6, 6.07) is 5.94. The standard InChI is InChI=1S/C18H26N2O4/c1-13-9-14(2)11-16(10-13)24-8-6-19-17(22)18(23)5-4-7-20(12-18)15(3)21/h9-11,23H,4-8,12H2,1-3H3,(H,19,22). The molecule has 1 heterocycles. The minimum absolute atomic E-state index is 0.0477. The number of carbonyl (C=O) groups excluding carboxylic acids is 2. The maximum absolute atomic E-state index is 12.3. The highest BCUT2D eigenvalue weighted by atomic mass is 16.5. The summed E-state index contributed by atoms with van der Waals surface area (Å²) in [5.41, 5.74) is 0.730. The van der Waals surface area contributed by atoms with Crippen molar-refractivity contribution in [2.75, 3.05) is 26.2 Å². The van der Waals surface area contributed by atoms with Crippen molar-refractivity contribution < 1.29 is 19.4 Å². The third-order valence-corrected chi connectivity index (χ3v) is 4.19. The Kier molecular flexibility index (Phi) is 5.83. The van der Waals surface area contributed by atoms with Crippen LogP contribution in [0.25, 0.3) is 0 Å². The third-order valence-electron chi connectivity index (χ3n) is 4.19. The Labute approximate surface area is 142 Å². The van der Waals surface area contributed by atoms with Crippen molar-refractivity contribution in [1.82, 2.24) is 10.2 Å². The van der Waals surface area contributed by atoms with Gasteiger partial charge in [0.2, 0.25) is 5.91 Å². The molecule has 1 fully saturated rings. The molecule has 1 aliphatic rings. The topological polar surface area (TPSA) is 78.9 Å². The van der Waals surface area contributed by atoms with Crippen LogP contribution in [0.1, 0.15) is 30.9 Å². The lowest BCUT2D eigenvalue weighted by Crippen LogP contribution is -2.58. The van der Waals surface area contributed by atoms with E-state index in [-0.39, 0.29) is 12.5 Å².